The van der Waals surface area contributed by atoms with Gasteiger partial charge in [0.1, 0.15) is 5.75 Å². The van der Waals surface area contributed by atoms with Gasteiger partial charge in [-0.05, 0) is 61.9 Å². The van der Waals surface area contributed by atoms with E-state index in [-0.39, 0.29) is 24.5 Å². The standard InChI is InChI=1S/C19H21BrN2O3/c1-3-13(2)21-19(24)14-4-8-16(9-5-14)22-18(23)12-25-17-10-6-15(20)7-11-17/h4-11,13H,3,12H2,1-2H3,(H,21,24)(H,22,23). The molecule has 2 aromatic rings. The van der Waals surface area contributed by atoms with Crippen LogP contribution in [0.5, 0.6) is 5.75 Å². The van der Waals surface area contributed by atoms with E-state index in [1.807, 2.05) is 26.0 Å². The molecule has 2 amide bonds. The highest BCUT2D eigenvalue weighted by molar-refractivity contribution is 9.10. The summed E-state index contributed by atoms with van der Waals surface area (Å²) < 4.78 is 6.36. The molecular formula is C19H21BrN2O3. The van der Waals surface area contributed by atoms with Crippen LogP contribution in [0.2, 0.25) is 0 Å². The molecule has 1 atom stereocenters. The number of halogens is 1. The van der Waals surface area contributed by atoms with Gasteiger partial charge in [-0.15, -0.1) is 0 Å². The van der Waals surface area contributed by atoms with Gasteiger partial charge in [0.05, 0.1) is 0 Å². The molecule has 0 spiro atoms. The topological polar surface area (TPSA) is 67.4 Å². The van der Waals surface area contributed by atoms with E-state index in [1.165, 1.54) is 0 Å². The molecule has 6 heteroatoms. The summed E-state index contributed by atoms with van der Waals surface area (Å²) in [5, 5.41) is 5.64. The van der Waals surface area contributed by atoms with Crippen LogP contribution in [0.3, 0.4) is 0 Å². The summed E-state index contributed by atoms with van der Waals surface area (Å²) >= 11 is 3.34. The number of hydrogen-bond donors (Lipinski definition) is 2. The SMILES string of the molecule is CCC(C)NC(=O)c1ccc(NC(=O)COc2ccc(Br)cc2)cc1. The zero-order valence-corrected chi connectivity index (χ0v) is 15.8. The van der Waals surface area contributed by atoms with Crippen LogP contribution in [-0.4, -0.2) is 24.5 Å². The largest absolute Gasteiger partial charge is 0.484 e. The molecule has 0 fully saturated rings. The number of amides is 2. The van der Waals surface area contributed by atoms with Crippen molar-refractivity contribution >= 4 is 33.4 Å². The average Bonchev–Trinajstić information content (AvgIpc) is 2.61. The maximum atomic E-state index is 12.0. The minimum absolute atomic E-state index is 0.0854. The number of anilines is 1. The first-order valence-corrected chi connectivity index (χ1v) is 8.86. The van der Waals surface area contributed by atoms with E-state index in [0.717, 1.165) is 10.9 Å². The van der Waals surface area contributed by atoms with Crippen LogP contribution in [0.1, 0.15) is 30.6 Å². The summed E-state index contributed by atoms with van der Waals surface area (Å²) in [7, 11) is 0. The van der Waals surface area contributed by atoms with Crippen LogP contribution >= 0.6 is 15.9 Å². The van der Waals surface area contributed by atoms with Gasteiger partial charge >= 0.3 is 0 Å². The molecule has 1 unspecified atom stereocenters. The van der Waals surface area contributed by atoms with Crippen LogP contribution in [0.15, 0.2) is 53.0 Å². The minimum Gasteiger partial charge on any atom is -0.484 e. The normalized spacial score (nSPS) is 11.5. The monoisotopic (exact) mass is 404 g/mol. The van der Waals surface area contributed by atoms with Gasteiger partial charge in [-0.2, -0.15) is 0 Å². The van der Waals surface area contributed by atoms with Crippen LogP contribution < -0.4 is 15.4 Å². The van der Waals surface area contributed by atoms with Gasteiger partial charge in [0.25, 0.3) is 11.8 Å². The fourth-order valence-electron chi connectivity index (χ4n) is 1.99. The van der Waals surface area contributed by atoms with Crippen molar-refractivity contribution in [2.45, 2.75) is 26.3 Å². The zero-order valence-electron chi connectivity index (χ0n) is 14.2. The number of carbonyl (C=O) groups excluding carboxylic acids is 2. The third kappa shape index (κ3) is 6.23. The Morgan fingerprint density at radius 3 is 2.32 bits per heavy atom. The van der Waals surface area contributed by atoms with Gasteiger partial charge < -0.3 is 15.4 Å². The van der Waals surface area contributed by atoms with E-state index in [1.54, 1.807) is 36.4 Å². The van der Waals surface area contributed by atoms with Crippen molar-refractivity contribution in [2.24, 2.45) is 0 Å². The van der Waals surface area contributed by atoms with E-state index in [2.05, 4.69) is 26.6 Å². The maximum absolute atomic E-state index is 12.0. The van der Waals surface area contributed by atoms with Crippen molar-refractivity contribution in [1.82, 2.24) is 5.32 Å². The lowest BCUT2D eigenvalue weighted by molar-refractivity contribution is -0.118. The van der Waals surface area contributed by atoms with Gasteiger partial charge in [0.2, 0.25) is 0 Å². The molecule has 0 aromatic heterocycles. The number of ether oxygens (including phenoxy) is 1. The molecule has 0 saturated heterocycles. The fraction of sp³-hybridized carbons (Fsp3) is 0.263. The molecule has 0 saturated carbocycles. The lowest BCUT2D eigenvalue weighted by atomic mass is 10.1. The summed E-state index contributed by atoms with van der Waals surface area (Å²) in [6.45, 7) is 3.88. The van der Waals surface area contributed by atoms with Crippen molar-refractivity contribution < 1.29 is 14.3 Å². The van der Waals surface area contributed by atoms with E-state index in [0.29, 0.717) is 17.0 Å². The highest BCUT2D eigenvalue weighted by atomic mass is 79.9. The highest BCUT2D eigenvalue weighted by Crippen LogP contribution is 2.16. The summed E-state index contributed by atoms with van der Waals surface area (Å²) in [6, 6.07) is 14.1. The van der Waals surface area contributed by atoms with Crippen LogP contribution in [-0.2, 0) is 4.79 Å². The molecule has 0 aliphatic carbocycles. The molecule has 25 heavy (non-hydrogen) atoms. The van der Waals surface area contributed by atoms with Crippen LogP contribution in [0.4, 0.5) is 5.69 Å². The van der Waals surface area contributed by atoms with E-state index in [9.17, 15) is 9.59 Å². The molecular weight excluding hydrogens is 384 g/mol. The average molecular weight is 405 g/mol. The predicted octanol–water partition coefficient (Wildman–Crippen LogP) is 3.99. The quantitative estimate of drug-likeness (QED) is 0.732. The van der Waals surface area contributed by atoms with Gasteiger partial charge in [-0.25, -0.2) is 0 Å². The summed E-state index contributed by atoms with van der Waals surface area (Å²) in [5.74, 6) is 0.237. The van der Waals surface area contributed by atoms with Crippen LogP contribution in [0, 0.1) is 0 Å². The Balaban J connectivity index is 1.84. The van der Waals surface area contributed by atoms with Crippen molar-refractivity contribution in [1.29, 1.82) is 0 Å². The molecule has 0 aliphatic heterocycles. The highest BCUT2D eigenvalue weighted by Gasteiger charge is 2.09. The number of nitrogens with one attached hydrogen (secondary N) is 2. The zero-order chi connectivity index (χ0) is 18.2. The van der Waals surface area contributed by atoms with E-state index in [4.69, 9.17) is 4.74 Å². The number of rotatable bonds is 7. The predicted molar refractivity (Wildman–Crippen MR) is 102 cm³/mol. The second kappa shape index (κ2) is 9.22. The smallest absolute Gasteiger partial charge is 0.262 e. The third-order valence-corrected chi connectivity index (χ3v) is 4.13. The molecule has 0 aliphatic rings. The van der Waals surface area contributed by atoms with Gasteiger partial charge in [-0.1, -0.05) is 22.9 Å². The Hall–Kier alpha value is -2.34. The van der Waals surface area contributed by atoms with Gasteiger partial charge in [-0.3, -0.25) is 9.59 Å². The van der Waals surface area contributed by atoms with Gasteiger partial charge in [0, 0.05) is 21.8 Å². The first-order chi connectivity index (χ1) is 12.0. The van der Waals surface area contributed by atoms with Crippen molar-refractivity contribution in [3.8, 4) is 5.75 Å². The number of hydrogen-bond acceptors (Lipinski definition) is 3. The fourth-order valence-corrected chi connectivity index (χ4v) is 2.26. The van der Waals surface area contributed by atoms with Crippen molar-refractivity contribution in [3.63, 3.8) is 0 Å². The molecule has 0 bridgehead atoms. The molecule has 0 heterocycles. The van der Waals surface area contributed by atoms with Crippen LogP contribution in [0.25, 0.3) is 0 Å². The molecule has 0 radical (unpaired) electrons. The lowest BCUT2D eigenvalue weighted by Crippen LogP contribution is -2.31. The second-order valence-corrected chi connectivity index (χ2v) is 6.57. The Morgan fingerprint density at radius 1 is 1.08 bits per heavy atom. The van der Waals surface area contributed by atoms with E-state index < -0.39 is 0 Å². The molecule has 2 N–H and O–H groups in total. The summed E-state index contributed by atoms with van der Waals surface area (Å²) in [6.07, 6.45) is 0.873. The first-order valence-electron chi connectivity index (χ1n) is 8.07. The Bertz CT molecular complexity index is 714. The minimum atomic E-state index is -0.264. The third-order valence-electron chi connectivity index (χ3n) is 3.60. The van der Waals surface area contributed by atoms with Crippen molar-refractivity contribution in [2.75, 3.05) is 11.9 Å². The maximum Gasteiger partial charge on any atom is 0.262 e. The van der Waals surface area contributed by atoms with Gasteiger partial charge in [0.15, 0.2) is 6.61 Å². The second-order valence-electron chi connectivity index (χ2n) is 5.65. The Kier molecular flexibility index (Phi) is 7.01. The summed E-state index contributed by atoms with van der Waals surface area (Å²) in [4.78, 5) is 23.9. The molecule has 132 valence electrons. The Labute approximate surface area is 155 Å². The number of benzene rings is 2. The first kappa shape index (κ1) is 19.0. The molecule has 2 aromatic carbocycles. The van der Waals surface area contributed by atoms with Crippen molar-refractivity contribution in [3.05, 3.63) is 58.6 Å². The Morgan fingerprint density at radius 2 is 1.72 bits per heavy atom. The lowest BCUT2D eigenvalue weighted by Gasteiger charge is -2.12. The molecule has 5 nitrogen and oxygen atoms in total. The van der Waals surface area contributed by atoms with E-state index >= 15 is 0 Å². The summed E-state index contributed by atoms with van der Waals surface area (Å²) in [5.41, 5.74) is 1.17. The molecule has 2 rings (SSSR count). The number of carbonyl (C=O) groups is 2.